The molecule has 0 aromatic rings. The molecule has 0 atom stereocenters. The van der Waals surface area contributed by atoms with Gasteiger partial charge in [0.05, 0.1) is 6.54 Å². The van der Waals surface area contributed by atoms with Gasteiger partial charge in [-0.1, -0.05) is 6.58 Å². The van der Waals surface area contributed by atoms with Crippen molar-refractivity contribution in [3.05, 3.63) is 12.2 Å². The molecule has 0 spiro atoms. The fourth-order valence-corrected chi connectivity index (χ4v) is 1.12. The summed E-state index contributed by atoms with van der Waals surface area (Å²) in [5.74, 6) is 0. The second-order valence-corrected chi connectivity index (χ2v) is 2.92. The summed E-state index contributed by atoms with van der Waals surface area (Å²) < 4.78 is 0. The first-order valence-electron chi connectivity index (χ1n) is 4.18. The number of allylic oxidation sites excluding steroid dienone is 1. The minimum Gasteiger partial charge on any atom is -0.318 e. The SMILES string of the molecule is C=C(C=O)CCCN1CC=NC1=O. The molecule has 0 radical (unpaired) electrons. The molecule has 1 heterocycles. The number of hydrogen-bond donors (Lipinski definition) is 0. The Morgan fingerprint density at radius 2 is 2.54 bits per heavy atom. The molecule has 4 nitrogen and oxygen atoms in total. The number of aliphatic imine (C=N–C) groups is 1. The van der Waals surface area contributed by atoms with Gasteiger partial charge in [0.25, 0.3) is 0 Å². The molecule has 1 rings (SSSR count). The highest BCUT2D eigenvalue weighted by Crippen LogP contribution is 2.04. The molecule has 0 unspecified atom stereocenters. The lowest BCUT2D eigenvalue weighted by molar-refractivity contribution is -0.105. The van der Waals surface area contributed by atoms with Crippen molar-refractivity contribution in [1.82, 2.24) is 4.90 Å². The molecule has 4 heteroatoms. The molecule has 2 amide bonds. The Labute approximate surface area is 76.9 Å². The third-order valence-corrected chi connectivity index (χ3v) is 1.87. The van der Waals surface area contributed by atoms with Crippen LogP contribution in [0.25, 0.3) is 0 Å². The average Bonchev–Trinajstić information content (AvgIpc) is 2.52. The number of urea groups is 1. The van der Waals surface area contributed by atoms with Crippen molar-refractivity contribution in [3.8, 4) is 0 Å². The number of carbonyl (C=O) groups excluding carboxylic acids is 2. The highest BCUT2D eigenvalue weighted by molar-refractivity contribution is 5.90. The lowest BCUT2D eigenvalue weighted by Gasteiger charge is -2.12. The molecule has 1 aliphatic heterocycles. The Hall–Kier alpha value is -1.45. The zero-order valence-corrected chi connectivity index (χ0v) is 7.40. The molecule has 70 valence electrons. The third-order valence-electron chi connectivity index (χ3n) is 1.87. The van der Waals surface area contributed by atoms with Crippen LogP contribution in [-0.2, 0) is 4.79 Å². The highest BCUT2D eigenvalue weighted by Gasteiger charge is 2.14. The van der Waals surface area contributed by atoms with E-state index in [9.17, 15) is 9.59 Å². The predicted molar refractivity (Wildman–Crippen MR) is 49.9 cm³/mol. The maximum Gasteiger partial charge on any atom is 0.343 e. The van der Waals surface area contributed by atoms with Gasteiger partial charge in [0, 0.05) is 12.8 Å². The van der Waals surface area contributed by atoms with Crippen molar-refractivity contribution >= 4 is 18.5 Å². The molecule has 0 N–H and O–H groups in total. The van der Waals surface area contributed by atoms with E-state index < -0.39 is 0 Å². The quantitative estimate of drug-likeness (QED) is 0.468. The van der Waals surface area contributed by atoms with E-state index >= 15 is 0 Å². The summed E-state index contributed by atoms with van der Waals surface area (Å²) in [4.78, 5) is 26.4. The second kappa shape index (κ2) is 4.54. The van der Waals surface area contributed by atoms with E-state index in [1.165, 1.54) is 0 Å². The molecule has 0 aromatic heterocycles. The van der Waals surface area contributed by atoms with Crippen LogP contribution in [0.4, 0.5) is 4.79 Å². The first-order chi connectivity index (χ1) is 6.24. The maximum atomic E-state index is 11.0. The van der Waals surface area contributed by atoms with Crippen LogP contribution in [-0.4, -0.2) is 36.5 Å². The van der Waals surface area contributed by atoms with Crippen molar-refractivity contribution in [2.45, 2.75) is 12.8 Å². The fourth-order valence-electron chi connectivity index (χ4n) is 1.12. The summed E-state index contributed by atoms with van der Waals surface area (Å²) >= 11 is 0. The van der Waals surface area contributed by atoms with Gasteiger partial charge in [0.1, 0.15) is 6.29 Å². The molecule has 1 aliphatic rings. The summed E-state index contributed by atoms with van der Waals surface area (Å²) in [5, 5.41) is 0. The topological polar surface area (TPSA) is 49.7 Å². The maximum absolute atomic E-state index is 11.0. The lowest BCUT2D eigenvalue weighted by atomic mass is 10.2. The summed E-state index contributed by atoms with van der Waals surface area (Å²) in [5.41, 5.74) is 0.576. The molecule has 0 saturated carbocycles. The van der Waals surface area contributed by atoms with E-state index in [0.717, 1.165) is 12.7 Å². The van der Waals surface area contributed by atoms with Crippen molar-refractivity contribution in [3.63, 3.8) is 0 Å². The number of amides is 2. The summed E-state index contributed by atoms with van der Waals surface area (Å²) in [6.07, 6.45) is 3.76. The number of nitrogens with zero attached hydrogens (tertiary/aromatic N) is 2. The molecule has 0 fully saturated rings. The Morgan fingerprint density at radius 1 is 1.77 bits per heavy atom. The Bertz CT molecular complexity index is 258. The second-order valence-electron chi connectivity index (χ2n) is 2.92. The van der Waals surface area contributed by atoms with Gasteiger partial charge in [-0.2, -0.15) is 0 Å². The van der Waals surface area contributed by atoms with Crippen molar-refractivity contribution < 1.29 is 9.59 Å². The van der Waals surface area contributed by atoms with E-state index in [1.807, 2.05) is 0 Å². The zero-order chi connectivity index (χ0) is 9.68. The van der Waals surface area contributed by atoms with E-state index in [-0.39, 0.29) is 6.03 Å². The van der Waals surface area contributed by atoms with E-state index in [4.69, 9.17) is 0 Å². The van der Waals surface area contributed by atoms with Crippen LogP contribution >= 0.6 is 0 Å². The lowest BCUT2D eigenvalue weighted by Crippen LogP contribution is -2.25. The van der Waals surface area contributed by atoms with Crippen LogP contribution in [0.5, 0.6) is 0 Å². The molecular weight excluding hydrogens is 168 g/mol. The average molecular weight is 180 g/mol. The van der Waals surface area contributed by atoms with Crippen LogP contribution in [0, 0.1) is 0 Å². The highest BCUT2D eigenvalue weighted by atomic mass is 16.2. The summed E-state index contributed by atoms with van der Waals surface area (Å²) in [7, 11) is 0. The minimum absolute atomic E-state index is 0.184. The largest absolute Gasteiger partial charge is 0.343 e. The van der Waals surface area contributed by atoms with Crippen molar-refractivity contribution in [2.24, 2.45) is 4.99 Å². The molecule has 0 saturated heterocycles. The number of rotatable bonds is 5. The molecule has 0 aliphatic carbocycles. The van der Waals surface area contributed by atoms with Crippen LogP contribution in [0.2, 0.25) is 0 Å². The van der Waals surface area contributed by atoms with Gasteiger partial charge >= 0.3 is 6.03 Å². The molecule has 13 heavy (non-hydrogen) atoms. The van der Waals surface area contributed by atoms with Gasteiger partial charge < -0.3 is 4.90 Å². The van der Waals surface area contributed by atoms with Gasteiger partial charge in [0.2, 0.25) is 0 Å². The standard InChI is InChI=1S/C9H12N2O2/c1-8(7-12)3-2-5-11-6-4-10-9(11)13/h4,7H,1-3,5-6H2. The van der Waals surface area contributed by atoms with Crippen LogP contribution < -0.4 is 0 Å². The van der Waals surface area contributed by atoms with Gasteiger partial charge in [-0.15, -0.1) is 0 Å². The normalized spacial score (nSPS) is 15.1. The monoisotopic (exact) mass is 180 g/mol. The molecular formula is C9H12N2O2. The Morgan fingerprint density at radius 3 is 3.08 bits per heavy atom. The first kappa shape index (κ1) is 9.64. The third kappa shape index (κ3) is 2.82. The van der Waals surface area contributed by atoms with E-state index in [0.29, 0.717) is 25.1 Å². The minimum atomic E-state index is -0.184. The van der Waals surface area contributed by atoms with E-state index in [2.05, 4.69) is 11.6 Å². The van der Waals surface area contributed by atoms with Crippen LogP contribution in [0.3, 0.4) is 0 Å². The van der Waals surface area contributed by atoms with Crippen LogP contribution in [0.15, 0.2) is 17.1 Å². The number of aldehydes is 1. The number of hydrogen-bond acceptors (Lipinski definition) is 2. The van der Waals surface area contributed by atoms with Gasteiger partial charge in [0.15, 0.2) is 0 Å². The Balaban J connectivity index is 2.16. The summed E-state index contributed by atoms with van der Waals surface area (Å²) in [6, 6.07) is -0.184. The zero-order valence-electron chi connectivity index (χ0n) is 7.40. The van der Waals surface area contributed by atoms with Gasteiger partial charge in [-0.25, -0.2) is 9.79 Å². The van der Waals surface area contributed by atoms with Gasteiger partial charge in [-0.05, 0) is 18.4 Å². The molecule has 0 bridgehead atoms. The van der Waals surface area contributed by atoms with Crippen molar-refractivity contribution in [1.29, 1.82) is 0 Å². The Kier molecular flexibility index (Phi) is 3.37. The predicted octanol–water partition coefficient (Wildman–Crippen LogP) is 1.03. The van der Waals surface area contributed by atoms with E-state index in [1.54, 1.807) is 11.1 Å². The van der Waals surface area contributed by atoms with Crippen molar-refractivity contribution in [2.75, 3.05) is 13.1 Å². The van der Waals surface area contributed by atoms with Crippen LogP contribution in [0.1, 0.15) is 12.8 Å². The number of carbonyl (C=O) groups is 2. The first-order valence-corrected chi connectivity index (χ1v) is 4.18. The smallest absolute Gasteiger partial charge is 0.318 e. The fraction of sp³-hybridized carbons (Fsp3) is 0.444. The van der Waals surface area contributed by atoms with Gasteiger partial charge in [-0.3, -0.25) is 4.79 Å². The summed E-state index contributed by atoms with van der Waals surface area (Å²) in [6.45, 7) is 4.79. The molecule has 0 aromatic carbocycles.